The number of rotatable bonds is 7. The van der Waals surface area contributed by atoms with Gasteiger partial charge in [-0.15, -0.1) is 10.2 Å². The number of aromatic nitrogens is 3. The average molecular weight is 456 g/mol. The minimum Gasteiger partial charge on any atom is -0.272 e. The number of hydrazone groups is 1. The molecule has 0 aliphatic rings. The maximum absolute atomic E-state index is 12.4. The van der Waals surface area contributed by atoms with Crippen molar-refractivity contribution < 1.29 is 4.79 Å². The van der Waals surface area contributed by atoms with E-state index in [2.05, 4.69) is 51.9 Å². The summed E-state index contributed by atoms with van der Waals surface area (Å²) in [6.07, 6.45) is 1.64. The van der Waals surface area contributed by atoms with Crippen LogP contribution in [0, 0.1) is 20.8 Å². The SMILES string of the molecule is Cc1ccc(-c2nnc(SCC(=O)N/N=C\c3cccc(C)c3)n2-c2ccc(C)cc2)cc1. The van der Waals surface area contributed by atoms with E-state index in [0.29, 0.717) is 5.16 Å². The van der Waals surface area contributed by atoms with Crippen molar-refractivity contribution in [1.82, 2.24) is 20.2 Å². The predicted octanol–water partition coefficient (Wildman–Crippen LogP) is 5.10. The fraction of sp³-hybridized carbons (Fsp3) is 0.154. The lowest BCUT2D eigenvalue weighted by molar-refractivity contribution is -0.118. The van der Waals surface area contributed by atoms with Gasteiger partial charge in [0.15, 0.2) is 11.0 Å². The molecule has 0 saturated heterocycles. The number of amides is 1. The summed E-state index contributed by atoms with van der Waals surface area (Å²) >= 11 is 1.32. The van der Waals surface area contributed by atoms with Crippen molar-refractivity contribution in [3.63, 3.8) is 0 Å². The maximum Gasteiger partial charge on any atom is 0.250 e. The minimum absolute atomic E-state index is 0.170. The smallest absolute Gasteiger partial charge is 0.250 e. The number of hydrogen-bond acceptors (Lipinski definition) is 5. The van der Waals surface area contributed by atoms with Crippen molar-refractivity contribution in [1.29, 1.82) is 0 Å². The molecule has 1 N–H and O–H groups in total. The summed E-state index contributed by atoms with van der Waals surface area (Å²) in [5, 5.41) is 13.5. The molecule has 0 bridgehead atoms. The van der Waals surface area contributed by atoms with E-state index < -0.39 is 0 Å². The molecule has 0 radical (unpaired) electrons. The third kappa shape index (κ3) is 5.75. The van der Waals surface area contributed by atoms with Gasteiger partial charge >= 0.3 is 0 Å². The quantitative estimate of drug-likeness (QED) is 0.239. The molecule has 33 heavy (non-hydrogen) atoms. The highest BCUT2D eigenvalue weighted by Crippen LogP contribution is 2.28. The van der Waals surface area contributed by atoms with Gasteiger partial charge in [0.2, 0.25) is 0 Å². The van der Waals surface area contributed by atoms with E-state index >= 15 is 0 Å². The van der Waals surface area contributed by atoms with Crippen molar-refractivity contribution in [2.24, 2.45) is 5.10 Å². The van der Waals surface area contributed by atoms with Gasteiger partial charge in [-0.3, -0.25) is 9.36 Å². The molecule has 0 spiro atoms. The highest BCUT2D eigenvalue weighted by molar-refractivity contribution is 7.99. The first-order valence-electron chi connectivity index (χ1n) is 10.6. The number of benzene rings is 3. The van der Waals surface area contributed by atoms with Crippen LogP contribution in [0.3, 0.4) is 0 Å². The van der Waals surface area contributed by atoms with E-state index in [4.69, 9.17) is 0 Å². The van der Waals surface area contributed by atoms with Crippen LogP contribution in [0.25, 0.3) is 17.1 Å². The van der Waals surface area contributed by atoms with Crippen LogP contribution >= 0.6 is 11.8 Å². The third-order valence-electron chi connectivity index (χ3n) is 5.01. The molecular weight excluding hydrogens is 430 g/mol. The predicted molar refractivity (Wildman–Crippen MR) is 134 cm³/mol. The van der Waals surface area contributed by atoms with Gasteiger partial charge in [0, 0.05) is 11.3 Å². The first-order chi connectivity index (χ1) is 16.0. The van der Waals surface area contributed by atoms with Crippen molar-refractivity contribution in [2.75, 3.05) is 5.75 Å². The van der Waals surface area contributed by atoms with Gasteiger partial charge < -0.3 is 0 Å². The molecule has 1 heterocycles. The van der Waals surface area contributed by atoms with Crippen LogP contribution in [-0.4, -0.2) is 32.6 Å². The number of carbonyl (C=O) groups excluding carboxylic acids is 1. The van der Waals surface area contributed by atoms with E-state index in [0.717, 1.165) is 28.2 Å². The molecule has 6 nitrogen and oxygen atoms in total. The number of hydrogen-bond donors (Lipinski definition) is 1. The zero-order chi connectivity index (χ0) is 23.2. The zero-order valence-electron chi connectivity index (χ0n) is 18.8. The summed E-state index contributed by atoms with van der Waals surface area (Å²) in [4.78, 5) is 12.4. The third-order valence-corrected chi connectivity index (χ3v) is 5.94. The molecule has 7 heteroatoms. The normalized spacial score (nSPS) is 11.1. The second kappa shape index (κ2) is 10.3. The zero-order valence-corrected chi connectivity index (χ0v) is 19.6. The average Bonchev–Trinajstić information content (AvgIpc) is 3.23. The Bertz CT molecular complexity index is 1280. The van der Waals surface area contributed by atoms with E-state index in [-0.39, 0.29) is 11.7 Å². The Morgan fingerprint density at radius 3 is 2.33 bits per heavy atom. The molecule has 1 aromatic heterocycles. The van der Waals surface area contributed by atoms with E-state index in [9.17, 15) is 4.79 Å². The molecular formula is C26H25N5OS. The molecule has 0 fully saturated rings. The van der Waals surface area contributed by atoms with Gasteiger partial charge in [0.05, 0.1) is 12.0 Å². The first kappa shape index (κ1) is 22.5. The molecule has 166 valence electrons. The van der Waals surface area contributed by atoms with Crippen LogP contribution in [0.1, 0.15) is 22.3 Å². The van der Waals surface area contributed by atoms with Crippen LogP contribution in [0.5, 0.6) is 0 Å². The Labute approximate surface area is 197 Å². The lowest BCUT2D eigenvalue weighted by Crippen LogP contribution is -2.20. The van der Waals surface area contributed by atoms with E-state index in [1.807, 2.05) is 66.9 Å². The van der Waals surface area contributed by atoms with Crippen LogP contribution in [-0.2, 0) is 4.79 Å². The summed E-state index contributed by atoms with van der Waals surface area (Å²) in [7, 11) is 0. The van der Waals surface area contributed by atoms with Gasteiger partial charge in [-0.1, -0.05) is 89.1 Å². The van der Waals surface area contributed by atoms with Gasteiger partial charge in [-0.2, -0.15) is 5.10 Å². The van der Waals surface area contributed by atoms with Crippen LogP contribution in [0.4, 0.5) is 0 Å². The number of nitrogens with zero attached hydrogens (tertiary/aromatic N) is 4. The minimum atomic E-state index is -0.209. The lowest BCUT2D eigenvalue weighted by atomic mass is 10.1. The van der Waals surface area contributed by atoms with Gasteiger partial charge in [-0.05, 0) is 38.5 Å². The van der Waals surface area contributed by atoms with E-state index in [1.165, 1.54) is 22.9 Å². The largest absolute Gasteiger partial charge is 0.272 e. The Hall–Kier alpha value is -3.71. The highest BCUT2D eigenvalue weighted by Gasteiger charge is 2.17. The molecule has 4 rings (SSSR count). The van der Waals surface area contributed by atoms with Gasteiger partial charge in [0.1, 0.15) is 0 Å². The molecule has 1 amide bonds. The van der Waals surface area contributed by atoms with E-state index in [1.54, 1.807) is 6.21 Å². The summed E-state index contributed by atoms with van der Waals surface area (Å²) < 4.78 is 1.98. The fourth-order valence-corrected chi connectivity index (χ4v) is 4.02. The van der Waals surface area contributed by atoms with Crippen LogP contribution in [0.15, 0.2) is 83.1 Å². The summed E-state index contributed by atoms with van der Waals surface area (Å²) in [6, 6.07) is 24.3. The molecule has 0 saturated carbocycles. The topological polar surface area (TPSA) is 72.2 Å². The molecule has 0 aliphatic heterocycles. The molecule has 3 aromatic carbocycles. The Kier molecular flexibility index (Phi) is 7.00. The van der Waals surface area contributed by atoms with Crippen LogP contribution in [0.2, 0.25) is 0 Å². The maximum atomic E-state index is 12.4. The Morgan fingerprint density at radius 2 is 1.64 bits per heavy atom. The molecule has 0 atom stereocenters. The lowest BCUT2D eigenvalue weighted by Gasteiger charge is -2.11. The highest BCUT2D eigenvalue weighted by atomic mass is 32.2. The molecule has 0 unspecified atom stereocenters. The number of nitrogens with one attached hydrogen (secondary N) is 1. The fourth-order valence-electron chi connectivity index (χ4n) is 3.27. The monoisotopic (exact) mass is 455 g/mol. The standard InChI is InChI=1S/C26H25N5OS/c1-18-7-11-22(12-8-18)25-29-30-26(31(25)23-13-9-19(2)10-14-23)33-17-24(32)28-27-16-21-6-4-5-20(3)15-21/h4-16H,17H2,1-3H3,(H,28,32)/b27-16-. The second-order valence-electron chi connectivity index (χ2n) is 7.84. The Balaban J connectivity index is 1.51. The number of thioether (sulfide) groups is 1. The van der Waals surface area contributed by atoms with Crippen molar-refractivity contribution in [3.05, 3.63) is 95.1 Å². The molecule has 4 aromatic rings. The first-order valence-corrected chi connectivity index (χ1v) is 11.6. The summed E-state index contributed by atoms with van der Waals surface area (Å²) in [5.41, 5.74) is 8.92. The van der Waals surface area contributed by atoms with Gasteiger partial charge in [-0.25, -0.2) is 5.43 Å². The van der Waals surface area contributed by atoms with Crippen molar-refractivity contribution in [2.45, 2.75) is 25.9 Å². The summed E-state index contributed by atoms with van der Waals surface area (Å²) in [5.74, 6) is 0.696. The number of aryl methyl sites for hydroxylation is 3. The summed E-state index contributed by atoms with van der Waals surface area (Å²) in [6.45, 7) is 6.12. The van der Waals surface area contributed by atoms with Gasteiger partial charge in [0.25, 0.3) is 5.91 Å². The van der Waals surface area contributed by atoms with Crippen molar-refractivity contribution >= 4 is 23.9 Å². The van der Waals surface area contributed by atoms with Crippen LogP contribution < -0.4 is 5.43 Å². The number of carbonyl (C=O) groups is 1. The van der Waals surface area contributed by atoms with Crippen molar-refractivity contribution in [3.8, 4) is 17.1 Å². The second-order valence-corrected chi connectivity index (χ2v) is 8.78. The Morgan fingerprint density at radius 1 is 0.939 bits per heavy atom. The molecule has 0 aliphatic carbocycles.